The van der Waals surface area contributed by atoms with E-state index in [2.05, 4.69) is 12.1 Å². The lowest BCUT2D eigenvalue weighted by Crippen LogP contribution is -2.29. The molecule has 0 bridgehead atoms. The Hall–Kier alpha value is -1.51. The Morgan fingerprint density at radius 3 is 2.47 bits per heavy atom. The molecule has 0 unspecified atom stereocenters. The minimum atomic E-state index is -0.234. The van der Waals surface area contributed by atoms with Crippen LogP contribution in [0.5, 0.6) is 0 Å². The number of carbonyl (C=O) groups excluding carboxylic acids is 1. The Morgan fingerprint density at radius 2 is 1.89 bits per heavy atom. The van der Waals surface area contributed by atoms with E-state index in [-0.39, 0.29) is 6.09 Å². The summed E-state index contributed by atoms with van der Waals surface area (Å²) in [5.41, 5.74) is 3.41. The number of carbonyl (C=O) groups is 1. The summed E-state index contributed by atoms with van der Waals surface area (Å²) < 4.78 is 5.01. The van der Waals surface area contributed by atoms with Gasteiger partial charge in [0.05, 0.1) is 12.3 Å². The smallest absolute Gasteiger partial charge is 0.414 e. The van der Waals surface area contributed by atoms with Gasteiger partial charge in [0, 0.05) is 6.54 Å². The van der Waals surface area contributed by atoms with Gasteiger partial charge in [-0.15, -0.1) is 0 Å². The molecule has 0 aromatic heterocycles. The zero-order valence-electron chi connectivity index (χ0n) is 13.1. The molecule has 1 aliphatic rings. The van der Waals surface area contributed by atoms with Gasteiger partial charge in [0.1, 0.15) is 0 Å². The average Bonchev–Trinajstić information content (AvgIpc) is 2.86. The standard InChI is InChI=1S/C12H15NO2.2C2H6/c1-3-15-12(14)13-7-6-10-5-4-9(2)8-11(10)13;2*1-2/h4-5,8H,3,6-7H2,1-2H3;2*1-2H3. The van der Waals surface area contributed by atoms with E-state index in [9.17, 15) is 4.79 Å². The normalized spacial score (nSPS) is 11.6. The highest BCUT2D eigenvalue weighted by Crippen LogP contribution is 2.29. The molecule has 1 aromatic carbocycles. The maximum absolute atomic E-state index is 11.6. The van der Waals surface area contributed by atoms with Crippen LogP contribution in [0.15, 0.2) is 18.2 Å². The molecule has 0 N–H and O–H groups in total. The molecule has 1 heterocycles. The molecule has 2 rings (SSSR count). The van der Waals surface area contributed by atoms with Crippen LogP contribution in [-0.4, -0.2) is 19.2 Å². The fourth-order valence-electron chi connectivity index (χ4n) is 1.88. The van der Waals surface area contributed by atoms with Crippen LogP contribution in [-0.2, 0) is 11.2 Å². The minimum absolute atomic E-state index is 0.234. The van der Waals surface area contributed by atoms with Crippen molar-refractivity contribution in [2.24, 2.45) is 0 Å². The minimum Gasteiger partial charge on any atom is -0.449 e. The molecular weight excluding hydrogens is 238 g/mol. The van der Waals surface area contributed by atoms with Gasteiger partial charge in [0.15, 0.2) is 0 Å². The SMILES string of the molecule is CC.CC.CCOC(=O)N1CCc2ccc(C)cc21. The van der Waals surface area contributed by atoms with Crippen LogP contribution in [0, 0.1) is 6.92 Å². The van der Waals surface area contributed by atoms with Crippen molar-refractivity contribution in [1.29, 1.82) is 0 Å². The first-order chi connectivity index (χ1) is 9.22. The van der Waals surface area contributed by atoms with Crippen molar-refractivity contribution < 1.29 is 9.53 Å². The van der Waals surface area contributed by atoms with E-state index in [1.54, 1.807) is 4.90 Å². The molecule has 1 amide bonds. The van der Waals surface area contributed by atoms with E-state index in [0.29, 0.717) is 6.61 Å². The van der Waals surface area contributed by atoms with Gasteiger partial charge in [0.2, 0.25) is 0 Å². The summed E-state index contributed by atoms with van der Waals surface area (Å²) in [5.74, 6) is 0. The Kier molecular flexibility index (Phi) is 8.68. The van der Waals surface area contributed by atoms with Gasteiger partial charge in [-0.25, -0.2) is 4.79 Å². The lowest BCUT2D eigenvalue weighted by atomic mass is 10.1. The second-order valence-electron chi connectivity index (χ2n) is 3.73. The molecule has 1 aromatic rings. The zero-order chi connectivity index (χ0) is 14.8. The van der Waals surface area contributed by atoms with E-state index < -0.39 is 0 Å². The van der Waals surface area contributed by atoms with Crippen molar-refractivity contribution in [1.82, 2.24) is 0 Å². The highest BCUT2D eigenvalue weighted by Gasteiger charge is 2.25. The summed E-state index contributed by atoms with van der Waals surface area (Å²) in [6.07, 6.45) is 0.691. The van der Waals surface area contributed by atoms with Gasteiger partial charge in [-0.2, -0.15) is 0 Å². The lowest BCUT2D eigenvalue weighted by molar-refractivity contribution is 0.160. The zero-order valence-corrected chi connectivity index (χ0v) is 13.1. The van der Waals surface area contributed by atoms with Crippen LogP contribution < -0.4 is 4.90 Å². The van der Waals surface area contributed by atoms with Gasteiger partial charge >= 0.3 is 6.09 Å². The molecule has 3 nitrogen and oxygen atoms in total. The molecule has 108 valence electrons. The first kappa shape index (κ1) is 17.5. The van der Waals surface area contributed by atoms with Crippen molar-refractivity contribution in [2.75, 3.05) is 18.1 Å². The third-order valence-corrected chi connectivity index (χ3v) is 2.62. The summed E-state index contributed by atoms with van der Waals surface area (Å²) in [5, 5.41) is 0. The topological polar surface area (TPSA) is 29.5 Å². The van der Waals surface area contributed by atoms with Gasteiger partial charge < -0.3 is 4.74 Å². The van der Waals surface area contributed by atoms with Crippen LogP contribution in [0.4, 0.5) is 10.5 Å². The number of fused-ring (bicyclic) bond motifs is 1. The molecule has 0 radical (unpaired) electrons. The highest BCUT2D eigenvalue weighted by atomic mass is 16.6. The predicted molar refractivity (Wildman–Crippen MR) is 81.9 cm³/mol. The quantitative estimate of drug-likeness (QED) is 0.744. The monoisotopic (exact) mass is 265 g/mol. The van der Waals surface area contributed by atoms with Crippen molar-refractivity contribution in [2.45, 2.75) is 48.0 Å². The number of anilines is 1. The van der Waals surface area contributed by atoms with E-state index in [0.717, 1.165) is 18.7 Å². The molecule has 3 heteroatoms. The van der Waals surface area contributed by atoms with Crippen molar-refractivity contribution in [3.63, 3.8) is 0 Å². The van der Waals surface area contributed by atoms with Crippen molar-refractivity contribution >= 4 is 11.8 Å². The van der Waals surface area contributed by atoms with Gasteiger partial charge in [-0.3, -0.25) is 4.90 Å². The molecule has 0 atom stereocenters. The van der Waals surface area contributed by atoms with E-state index in [1.165, 1.54) is 11.1 Å². The third kappa shape index (κ3) is 4.58. The first-order valence-corrected chi connectivity index (χ1v) is 7.26. The predicted octanol–water partition coefficient (Wildman–Crippen LogP) is 4.57. The van der Waals surface area contributed by atoms with Crippen molar-refractivity contribution in [3.8, 4) is 0 Å². The van der Waals surface area contributed by atoms with E-state index in [4.69, 9.17) is 4.74 Å². The summed E-state index contributed by atoms with van der Waals surface area (Å²) in [7, 11) is 0. The largest absolute Gasteiger partial charge is 0.449 e. The number of aryl methyl sites for hydroxylation is 1. The third-order valence-electron chi connectivity index (χ3n) is 2.62. The number of hydrogen-bond acceptors (Lipinski definition) is 2. The molecule has 0 spiro atoms. The summed E-state index contributed by atoms with van der Waals surface area (Å²) in [6, 6.07) is 6.20. The second-order valence-corrected chi connectivity index (χ2v) is 3.73. The van der Waals surface area contributed by atoms with Crippen LogP contribution in [0.1, 0.15) is 45.7 Å². The average molecular weight is 265 g/mol. The summed E-state index contributed by atoms with van der Waals surface area (Å²) >= 11 is 0. The number of amides is 1. The number of nitrogens with zero attached hydrogens (tertiary/aromatic N) is 1. The number of hydrogen-bond donors (Lipinski definition) is 0. The maximum Gasteiger partial charge on any atom is 0.414 e. The van der Waals surface area contributed by atoms with Gasteiger partial charge in [-0.05, 0) is 37.5 Å². The molecule has 0 aliphatic carbocycles. The molecule has 19 heavy (non-hydrogen) atoms. The van der Waals surface area contributed by atoms with Crippen LogP contribution in [0.25, 0.3) is 0 Å². The summed E-state index contributed by atoms with van der Waals surface area (Å²) in [6.45, 7) is 13.0. The van der Waals surface area contributed by atoms with E-state index >= 15 is 0 Å². The number of rotatable bonds is 1. The summed E-state index contributed by atoms with van der Waals surface area (Å²) in [4.78, 5) is 13.3. The lowest BCUT2D eigenvalue weighted by Gasteiger charge is -2.16. The van der Waals surface area contributed by atoms with Crippen LogP contribution >= 0.6 is 0 Å². The number of benzene rings is 1. The Labute approximate surface area is 117 Å². The van der Waals surface area contributed by atoms with Crippen molar-refractivity contribution in [3.05, 3.63) is 29.3 Å². The fourth-order valence-corrected chi connectivity index (χ4v) is 1.88. The second kappa shape index (κ2) is 9.42. The Balaban J connectivity index is 0.000000741. The fraction of sp³-hybridized carbons (Fsp3) is 0.562. The molecule has 1 aliphatic heterocycles. The molecule has 0 saturated carbocycles. The first-order valence-electron chi connectivity index (χ1n) is 7.26. The molecular formula is C16H27NO2. The Bertz CT molecular complexity index is 388. The van der Waals surface area contributed by atoms with E-state index in [1.807, 2.05) is 47.6 Å². The molecule has 0 saturated heterocycles. The highest BCUT2D eigenvalue weighted by molar-refractivity contribution is 5.90. The van der Waals surface area contributed by atoms with Gasteiger partial charge in [0.25, 0.3) is 0 Å². The van der Waals surface area contributed by atoms with Crippen LogP contribution in [0.3, 0.4) is 0 Å². The molecule has 0 fully saturated rings. The maximum atomic E-state index is 11.6. The number of ether oxygens (including phenoxy) is 1. The Morgan fingerprint density at radius 1 is 1.26 bits per heavy atom. The van der Waals surface area contributed by atoms with Gasteiger partial charge in [-0.1, -0.05) is 39.8 Å². The van der Waals surface area contributed by atoms with Crippen LogP contribution in [0.2, 0.25) is 0 Å².